The number of halogens is 1. The van der Waals surface area contributed by atoms with Crippen molar-refractivity contribution in [3.8, 4) is 11.1 Å². The van der Waals surface area contributed by atoms with E-state index in [9.17, 15) is 10.1 Å². The minimum Gasteiger partial charge on any atom is -0.258 e. The van der Waals surface area contributed by atoms with Crippen LogP contribution in [-0.2, 0) is 0 Å². The second kappa shape index (κ2) is 7.35. The molecule has 118 valence electrons. The van der Waals surface area contributed by atoms with Gasteiger partial charge in [0.05, 0.1) is 10.6 Å². The van der Waals surface area contributed by atoms with Crippen molar-refractivity contribution in [3.05, 3.63) is 92.0 Å². The lowest BCUT2D eigenvalue weighted by Gasteiger charge is -2.06. The van der Waals surface area contributed by atoms with E-state index in [1.165, 1.54) is 12.1 Å². The second-order valence-corrected chi connectivity index (χ2v) is 6.26. The average Bonchev–Trinajstić information content (AvgIpc) is 2.61. The van der Waals surface area contributed by atoms with E-state index >= 15 is 0 Å². The van der Waals surface area contributed by atoms with Crippen LogP contribution in [0.25, 0.3) is 11.1 Å². The smallest absolute Gasteiger partial charge is 0.258 e. The number of nitrogens with zero attached hydrogens (tertiary/aromatic N) is 2. The van der Waals surface area contributed by atoms with Crippen LogP contribution < -0.4 is 0 Å². The van der Waals surface area contributed by atoms with Gasteiger partial charge in [-0.05, 0) is 58.0 Å². The number of rotatable bonds is 4. The van der Waals surface area contributed by atoms with Crippen molar-refractivity contribution in [3.63, 3.8) is 0 Å². The lowest BCUT2D eigenvalue weighted by Crippen LogP contribution is -1.90. The van der Waals surface area contributed by atoms with Gasteiger partial charge in [-0.3, -0.25) is 15.1 Å². The zero-order valence-corrected chi connectivity index (χ0v) is 14.8. The molecule has 0 aliphatic heterocycles. The first-order valence-corrected chi connectivity index (χ1v) is 8.35. The third-order valence-electron chi connectivity index (χ3n) is 3.55. The molecule has 0 aromatic heterocycles. The predicted molar refractivity (Wildman–Crippen MR) is 105 cm³/mol. The molecule has 3 aromatic rings. The zero-order chi connectivity index (χ0) is 16.9. The van der Waals surface area contributed by atoms with Gasteiger partial charge in [-0.1, -0.05) is 36.4 Å². The third-order valence-corrected chi connectivity index (χ3v) is 4.46. The monoisotopic (exact) mass is 428 g/mol. The largest absolute Gasteiger partial charge is 0.269 e. The van der Waals surface area contributed by atoms with Gasteiger partial charge in [0.15, 0.2) is 0 Å². The van der Waals surface area contributed by atoms with Gasteiger partial charge in [0.25, 0.3) is 5.69 Å². The highest BCUT2D eigenvalue weighted by atomic mass is 127. The van der Waals surface area contributed by atoms with Gasteiger partial charge in [-0.15, -0.1) is 0 Å². The highest BCUT2D eigenvalue weighted by molar-refractivity contribution is 14.1. The molecular formula is C19H13IN2O2. The normalized spacial score (nSPS) is 10.9. The molecule has 0 aliphatic carbocycles. The molecule has 5 heteroatoms. The van der Waals surface area contributed by atoms with Crippen LogP contribution in [0.3, 0.4) is 0 Å². The summed E-state index contributed by atoms with van der Waals surface area (Å²) in [6.07, 6.45) is 1.83. The molecule has 0 radical (unpaired) electrons. The van der Waals surface area contributed by atoms with Crippen LogP contribution in [0.1, 0.15) is 5.56 Å². The van der Waals surface area contributed by atoms with Crippen molar-refractivity contribution in [2.75, 3.05) is 0 Å². The van der Waals surface area contributed by atoms with Gasteiger partial charge in [0, 0.05) is 27.5 Å². The summed E-state index contributed by atoms with van der Waals surface area (Å²) >= 11 is 2.26. The van der Waals surface area contributed by atoms with Gasteiger partial charge >= 0.3 is 0 Å². The fraction of sp³-hybridized carbons (Fsp3) is 0. The maximum atomic E-state index is 10.8. The molecule has 0 heterocycles. The standard InChI is InChI=1S/C19H13IN2O2/c20-18-7-3-4-8-19(18)21-13-15-5-1-2-6-17(15)14-9-11-16(12-10-14)22(23)24/h1-13H. The highest BCUT2D eigenvalue weighted by Gasteiger charge is 2.07. The van der Waals surface area contributed by atoms with Crippen molar-refractivity contribution in [1.29, 1.82) is 0 Å². The molecule has 0 fully saturated rings. The van der Waals surface area contributed by atoms with E-state index < -0.39 is 4.92 Å². The molecule has 3 aromatic carbocycles. The highest BCUT2D eigenvalue weighted by Crippen LogP contribution is 2.26. The summed E-state index contributed by atoms with van der Waals surface area (Å²) in [5.41, 5.74) is 3.87. The summed E-state index contributed by atoms with van der Waals surface area (Å²) in [7, 11) is 0. The van der Waals surface area contributed by atoms with Gasteiger partial charge in [-0.25, -0.2) is 0 Å². The Balaban J connectivity index is 1.96. The lowest BCUT2D eigenvalue weighted by atomic mass is 10.00. The summed E-state index contributed by atoms with van der Waals surface area (Å²) in [5, 5.41) is 10.8. The van der Waals surface area contributed by atoms with Gasteiger partial charge in [0.1, 0.15) is 0 Å². The van der Waals surface area contributed by atoms with Gasteiger partial charge in [-0.2, -0.15) is 0 Å². The SMILES string of the molecule is O=[N+]([O-])c1ccc(-c2ccccc2C=Nc2ccccc2I)cc1. The van der Waals surface area contributed by atoms with E-state index in [2.05, 4.69) is 27.6 Å². The molecule has 0 saturated carbocycles. The van der Waals surface area contributed by atoms with Crippen molar-refractivity contribution in [2.24, 2.45) is 4.99 Å². The number of nitro benzene ring substituents is 1. The Morgan fingerprint density at radius 1 is 0.917 bits per heavy atom. The van der Waals surface area contributed by atoms with E-state index in [0.29, 0.717) is 0 Å². The second-order valence-electron chi connectivity index (χ2n) is 5.10. The van der Waals surface area contributed by atoms with Gasteiger partial charge < -0.3 is 0 Å². The summed E-state index contributed by atoms with van der Waals surface area (Å²) in [6, 6.07) is 22.3. The third kappa shape index (κ3) is 3.68. The fourth-order valence-corrected chi connectivity index (χ4v) is 2.86. The average molecular weight is 428 g/mol. The minimum atomic E-state index is -0.394. The molecule has 0 atom stereocenters. The Bertz CT molecular complexity index is 905. The molecule has 4 nitrogen and oxygen atoms in total. The number of aliphatic imine (C=N–C) groups is 1. The van der Waals surface area contributed by atoms with Gasteiger partial charge in [0.2, 0.25) is 0 Å². The molecule has 0 N–H and O–H groups in total. The van der Waals surface area contributed by atoms with Crippen LogP contribution in [0.15, 0.2) is 77.8 Å². The van der Waals surface area contributed by atoms with E-state index in [0.717, 1.165) is 25.9 Å². The Labute approximate surface area is 153 Å². The summed E-state index contributed by atoms with van der Waals surface area (Å²) in [6.45, 7) is 0. The first-order chi connectivity index (χ1) is 11.6. The molecule has 0 saturated heterocycles. The molecular weight excluding hydrogens is 415 g/mol. The first kappa shape index (κ1) is 16.3. The topological polar surface area (TPSA) is 55.5 Å². The van der Waals surface area contributed by atoms with E-state index in [1.807, 2.05) is 54.7 Å². The number of non-ortho nitro benzene ring substituents is 1. The fourth-order valence-electron chi connectivity index (χ4n) is 2.33. The maximum absolute atomic E-state index is 10.8. The molecule has 0 amide bonds. The lowest BCUT2D eigenvalue weighted by molar-refractivity contribution is -0.384. The Hall–Kier alpha value is -2.54. The van der Waals surface area contributed by atoms with Crippen LogP contribution in [0.4, 0.5) is 11.4 Å². The summed E-state index contributed by atoms with van der Waals surface area (Å²) in [5.74, 6) is 0. The number of hydrogen-bond donors (Lipinski definition) is 0. The number of benzene rings is 3. The number of nitro groups is 1. The quantitative estimate of drug-likeness (QED) is 0.235. The van der Waals surface area contributed by atoms with Crippen molar-refractivity contribution in [1.82, 2.24) is 0 Å². The van der Waals surface area contributed by atoms with Crippen LogP contribution in [0, 0.1) is 13.7 Å². The summed E-state index contributed by atoms with van der Waals surface area (Å²) in [4.78, 5) is 15.0. The Kier molecular flexibility index (Phi) is 5.00. The molecule has 0 aliphatic rings. The van der Waals surface area contributed by atoms with Crippen LogP contribution in [0.5, 0.6) is 0 Å². The molecule has 0 spiro atoms. The van der Waals surface area contributed by atoms with Crippen molar-refractivity contribution >= 4 is 40.2 Å². The zero-order valence-electron chi connectivity index (χ0n) is 12.6. The Morgan fingerprint density at radius 3 is 2.29 bits per heavy atom. The number of hydrogen-bond acceptors (Lipinski definition) is 3. The molecule has 0 bridgehead atoms. The van der Waals surface area contributed by atoms with Crippen molar-refractivity contribution < 1.29 is 4.92 Å². The van der Waals surface area contributed by atoms with Crippen LogP contribution >= 0.6 is 22.6 Å². The van der Waals surface area contributed by atoms with E-state index in [-0.39, 0.29) is 5.69 Å². The number of para-hydroxylation sites is 1. The Morgan fingerprint density at radius 2 is 1.58 bits per heavy atom. The molecule has 0 unspecified atom stereocenters. The maximum Gasteiger partial charge on any atom is 0.269 e. The minimum absolute atomic E-state index is 0.0868. The first-order valence-electron chi connectivity index (χ1n) is 7.27. The molecule has 24 heavy (non-hydrogen) atoms. The van der Waals surface area contributed by atoms with Crippen molar-refractivity contribution in [2.45, 2.75) is 0 Å². The van der Waals surface area contributed by atoms with E-state index in [4.69, 9.17) is 0 Å². The summed E-state index contributed by atoms with van der Waals surface area (Å²) < 4.78 is 1.08. The molecule has 3 rings (SSSR count). The van der Waals surface area contributed by atoms with Crippen LogP contribution in [-0.4, -0.2) is 11.1 Å². The van der Waals surface area contributed by atoms with Crippen LogP contribution in [0.2, 0.25) is 0 Å². The van der Waals surface area contributed by atoms with E-state index in [1.54, 1.807) is 12.1 Å². The predicted octanol–water partition coefficient (Wildman–Crippen LogP) is 5.62.